The first-order valence-corrected chi connectivity index (χ1v) is 16.8. The molecule has 0 spiro atoms. The lowest BCUT2D eigenvalue weighted by Gasteiger charge is -2.39. The molecule has 5 rings (SSSR count). The van der Waals surface area contributed by atoms with Crippen LogP contribution in [0.4, 0.5) is 0 Å². The van der Waals surface area contributed by atoms with Gasteiger partial charge < -0.3 is 9.84 Å². The van der Waals surface area contributed by atoms with E-state index in [2.05, 4.69) is 34.0 Å². The molecule has 1 aliphatic rings. The van der Waals surface area contributed by atoms with Gasteiger partial charge in [0.25, 0.3) is 10.0 Å². The van der Waals surface area contributed by atoms with E-state index >= 15 is 0 Å². The number of aromatic nitrogens is 1. The Bertz CT molecular complexity index is 1640. The predicted octanol–water partition coefficient (Wildman–Crippen LogP) is 6.98. The predicted molar refractivity (Wildman–Crippen MR) is 169 cm³/mol. The van der Waals surface area contributed by atoms with Crippen molar-refractivity contribution in [2.75, 3.05) is 7.05 Å². The third-order valence-corrected chi connectivity index (χ3v) is 10.4. The van der Waals surface area contributed by atoms with Crippen LogP contribution in [-0.4, -0.2) is 37.1 Å². The van der Waals surface area contributed by atoms with Crippen molar-refractivity contribution in [3.05, 3.63) is 118 Å². The number of aliphatic hydroxyl groups excluding tert-OH is 1. The van der Waals surface area contributed by atoms with Crippen molar-refractivity contribution in [1.29, 1.82) is 0 Å². The van der Waals surface area contributed by atoms with Crippen molar-refractivity contribution in [2.24, 2.45) is 0 Å². The van der Waals surface area contributed by atoms with E-state index < -0.39 is 21.6 Å². The van der Waals surface area contributed by atoms with Gasteiger partial charge in [-0.1, -0.05) is 91.9 Å². The lowest BCUT2D eigenvalue weighted by Crippen LogP contribution is -2.42. The maximum absolute atomic E-state index is 13.7. The fourth-order valence-electron chi connectivity index (χ4n) is 5.67. The van der Waals surface area contributed by atoms with Gasteiger partial charge in [-0.2, -0.15) is 0 Å². The number of carbonyl (C=O) groups is 1. The number of carbonyl (C=O) groups excluding carboxylic acids is 1. The summed E-state index contributed by atoms with van der Waals surface area (Å²) in [6.45, 7) is 1.98. The highest BCUT2D eigenvalue weighted by Crippen LogP contribution is 2.42. The molecule has 0 aliphatic carbocycles. The zero-order valence-corrected chi connectivity index (χ0v) is 26.0. The molecule has 3 aromatic carbocycles. The summed E-state index contributed by atoms with van der Waals surface area (Å²) in [5, 5.41) is 13.5. The van der Waals surface area contributed by atoms with Crippen molar-refractivity contribution >= 4 is 27.3 Å². The minimum Gasteiger partial charge on any atom is -0.512 e. The summed E-state index contributed by atoms with van der Waals surface area (Å²) in [5.41, 5.74) is 3.46. The molecule has 0 radical (unpaired) electrons. The Morgan fingerprint density at radius 2 is 1.53 bits per heavy atom. The van der Waals surface area contributed by atoms with E-state index in [1.807, 2.05) is 67.6 Å². The van der Waals surface area contributed by atoms with Crippen LogP contribution in [0.3, 0.4) is 0 Å². The molecule has 7 nitrogen and oxygen atoms in total. The molecule has 0 bridgehead atoms. The highest BCUT2D eigenvalue weighted by Gasteiger charge is 2.43. The highest BCUT2D eigenvalue weighted by atomic mass is 32.2. The van der Waals surface area contributed by atoms with E-state index in [4.69, 9.17) is 4.74 Å². The van der Waals surface area contributed by atoms with Gasteiger partial charge in [0.15, 0.2) is 5.03 Å². The third kappa shape index (κ3) is 7.06. The SMILES string of the molecule is CCC(C1=C(O)CC(CCc2ccccc2)(CCc2ccccc2)OC1=O)c1ccc(-c2nc(S(=O)(=O)NC)cs2)cc1. The second-order valence-electron chi connectivity index (χ2n) is 10.9. The first kappa shape index (κ1) is 30.7. The number of rotatable bonds is 12. The highest BCUT2D eigenvalue weighted by molar-refractivity contribution is 7.89. The van der Waals surface area contributed by atoms with Gasteiger partial charge in [-0.05, 0) is 55.8 Å². The van der Waals surface area contributed by atoms with E-state index in [0.29, 0.717) is 29.8 Å². The Balaban J connectivity index is 1.39. The van der Waals surface area contributed by atoms with E-state index in [-0.39, 0.29) is 23.1 Å². The monoisotopic (exact) mass is 616 g/mol. The number of ether oxygens (including phenoxy) is 1. The Morgan fingerprint density at radius 3 is 2.05 bits per heavy atom. The molecule has 1 aliphatic heterocycles. The summed E-state index contributed by atoms with van der Waals surface area (Å²) in [6, 6.07) is 27.8. The number of thiazole rings is 1. The van der Waals surface area contributed by atoms with Gasteiger partial charge in [-0.15, -0.1) is 11.3 Å². The van der Waals surface area contributed by atoms with Crippen LogP contribution >= 0.6 is 11.3 Å². The smallest absolute Gasteiger partial charge is 0.338 e. The molecule has 0 saturated carbocycles. The average molecular weight is 617 g/mol. The molecule has 2 heterocycles. The molecule has 1 unspecified atom stereocenters. The van der Waals surface area contributed by atoms with Crippen LogP contribution in [0.25, 0.3) is 10.6 Å². The lowest BCUT2D eigenvalue weighted by molar-refractivity contribution is -0.161. The number of hydrogen-bond acceptors (Lipinski definition) is 7. The molecule has 9 heteroatoms. The molecule has 2 N–H and O–H groups in total. The number of aliphatic hydroxyl groups is 1. The van der Waals surface area contributed by atoms with E-state index in [9.17, 15) is 18.3 Å². The van der Waals surface area contributed by atoms with Crippen LogP contribution in [-0.2, 0) is 32.4 Å². The molecule has 0 amide bonds. The van der Waals surface area contributed by atoms with Gasteiger partial charge in [0, 0.05) is 23.3 Å². The Morgan fingerprint density at radius 1 is 0.953 bits per heavy atom. The zero-order valence-electron chi connectivity index (χ0n) is 24.3. The molecule has 1 aromatic heterocycles. The van der Waals surface area contributed by atoms with Crippen LogP contribution in [0.15, 0.2) is 107 Å². The van der Waals surface area contributed by atoms with Crippen molar-refractivity contribution in [3.8, 4) is 10.6 Å². The number of nitrogens with one attached hydrogen (secondary N) is 1. The summed E-state index contributed by atoms with van der Waals surface area (Å²) in [4.78, 5) is 18.0. The summed E-state index contributed by atoms with van der Waals surface area (Å²) in [5.74, 6) is -0.725. The first-order valence-electron chi connectivity index (χ1n) is 14.5. The summed E-state index contributed by atoms with van der Waals surface area (Å²) in [6.07, 6.45) is 3.55. The quantitative estimate of drug-likeness (QED) is 0.167. The summed E-state index contributed by atoms with van der Waals surface area (Å²) in [7, 11) is -2.27. The maximum atomic E-state index is 13.7. The van der Waals surface area contributed by atoms with Crippen molar-refractivity contribution in [1.82, 2.24) is 9.71 Å². The molecule has 43 heavy (non-hydrogen) atoms. The Labute approximate surface area is 257 Å². The van der Waals surface area contributed by atoms with Gasteiger partial charge in [0.2, 0.25) is 0 Å². The van der Waals surface area contributed by atoms with Gasteiger partial charge >= 0.3 is 5.97 Å². The zero-order chi connectivity index (χ0) is 30.5. The number of benzene rings is 3. The number of sulfonamides is 1. The molecular formula is C34H36N2O5S2. The number of hydrogen-bond donors (Lipinski definition) is 2. The second-order valence-corrected chi connectivity index (χ2v) is 13.6. The van der Waals surface area contributed by atoms with Gasteiger partial charge in [-0.3, -0.25) is 0 Å². The van der Waals surface area contributed by atoms with Crippen LogP contribution in [0.5, 0.6) is 0 Å². The van der Waals surface area contributed by atoms with Crippen molar-refractivity contribution in [2.45, 2.75) is 62.0 Å². The van der Waals surface area contributed by atoms with Gasteiger partial charge in [0.05, 0.1) is 5.57 Å². The van der Waals surface area contributed by atoms with Crippen LogP contribution in [0.2, 0.25) is 0 Å². The van der Waals surface area contributed by atoms with Gasteiger partial charge in [0.1, 0.15) is 16.4 Å². The van der Waals surface area contributed by atoms with E-state index in [1.54, 1.807) is 0 Å². The minimum absolute atomic E-state index is 0.0199. The van der Waals surface area contributed by atoms with Crippen LogP contribution in [0.1, 0.15) is 55.2 Å². The normalized spacial score (nSPS) is 15.7. The topological polar surface area (TPSA) is 106 Å². The molecule has 0 fully saturated rings. The molecule has 0 saturated heterocycles. The number of nitrogens with zero attached hydrogens (tertiary/aromatic N) is 1. The van der Waals surface area contributed by atoms with Crippen molar-refractivity contribution in [3.63, 3.8) is 0 Å². The second kappa shape index (κ2) is 13.2. The first-order chi connectivity index (χ1) is 20.7. The summed E-state index contributed by atoms with van der Waals surface area (Å²) < 4.78 is 32.8. The average Bonchev–Trinajstić information content (AvgIpc) is 3.54. The van der Waals surface area contributed by atoms with Gasteiger partial charge in [-0.25, -0.2) is 22.9 Å². The fourth-order valence-corrected chi connectivity index (χ4v) is 7.49. The summed E-state index contributed by atoms with van der Waals surface area (Å²) >= 11 is 1.25. The van der Waals surface area contributed by atoms with E-state index in [1.165, 1.54) is 23.8 Å². The molecule has 224 valence electrons. The number of cyclic esters (lactones) is 1. The van der Waals surface area contributed by atoms with Crippen LogP contribution < -0.4 is 4.72 Å². The minimum atomic E-state index is -3.62. The van der Waals surface area contributed by atoms with Crippen LogP contribution in [0, 0.1) is 0 Å². The van der Waals surface area contributed by atoms with E-state index in [0.717, 1.165) is 35.1 Å². The Hall–Kier alpha value is -3.79. The molecule has 4 aromatic rings. The molecular weight excluding hydrogens is 581 g/mol. The number of esters is 1. The molecule has 1 atom stereocenters. The number of aryl methyl sites for hydroxylation is 2. The lowest BCUT2D eigenvalue weighted by atomic mass is 9.79. The largest absolute Gasteiger partial charge is 0.512 e. The van der Waals surface area contributed by atoms with Crippen molar-refractivity contribution < 1.29 is 23.1 Å². The third-order valence-electron chi connectivity index (χ3n) is 8.10. The Kier molecular flexibility index (Phi) is 9.44. The fraction of sp³-hybridized carbons (Fsp3) is 0.294. The maximum Gasteiger partial charge on any atom is 0.338 e. The standard InChI is InChI=1S/C34H36N2O5S2/c1-3-28(26-14-16-27(17-15-26)32-36-30(23-42-32)43(39,40)35-2)31-29(37)22-34(41-33(31)38,20-18-24-10-6-4-7-11-24)21-19-25-12-8-5-9-13-25/h4-17,23,28,35,37H,3,18-22H2,1-2H3.